The Hall–Kier alpha value is -0.0800. The predicted molar refractivity (Wildman–Crippen MR) is 64.8 cm³/mol. The van der Waals surface area contributed by atoms with Crippen LogP contribution >= 0.6 is 0 Å². The molecular weight excluding hydrogens is 184 g/mol. The molecule has 2 rings (SSSR count). The molecule has 0 aromatic carbocycles. The van der Waals surface area contributed by atoms with Gasteiger partial charge in [0.15, 0.2) is 0 Å². The Bertz CT molecular complexity index is 193. The molecule has 3 atom stereocenters. The number of nitrogens with zero attached hydrogens (tertiary/aromatic N) is 1. The maximum Gasteiger partial charge on any atom is 0.0123 e. The number of hydrogen-bond donors (Lipinski definition) is 1. The minimum atomic E-state index is 0.873. The van der Waals surface area contributed by atoms with Crippen LogP contribution in [0.15, 0.2) is 0 Å². The molecule has 0 aromatic heterocycles. The summed E-state index contributed by atoms with van der Waals surface area (Å²) in [6, 6.07) is 0.873. The molecule has 0 spiro atoms. The number of fused-ring (bicyclic) bond motifs is 1. The van der Waals surface area contributed by atoms with Gasteiger partial charge in [0.2, 0.25) is 0 Å². The first-order valence-electron chi connectivity index (χ1n) is 6.73. The minimum absolute atomic E-state index is 0.873. The highest BCUT2D eigenvalue weighted by atomic mass is 15.1. The maximum absolute atomic E-state index is 5.75. The van der Waals surface area contributed by atoms with E-state index < -0.39 is 0 Å². The van der Waals surface area contributed by atoms with Crippen LogP contribution in [0.2, 0.25) is 0 Å². The van der Waals surface area contributed by atoms with Gasteiger partial charge in [0.25, 0.3) is 0 Å². The van der Waals surface area contributed by atoms with Gasteiger partial charge in [-0.05, 0) is 64.1 Å². The zero-order chi connectivity index (χ0) is 10.7. The quantitative estimate of drug-likeness (QED) is 0.757. The topological polar surface area (TPSA) is 29.3 Å². The number of likely N-dealkylation sites (tertiary alicyclic amines) is 1. The molecule has 0 aromatic rings. The van der Waals surface area contributed by atoms with Crippen molar-refractivity contribution in [3.63, 3.8) is 0 Å². The van der Waals surface area contributed by atoms with Crippen LogP contribution in [0.3, 0.4) is 0 Å². The molecule has 3 unspecified atom stereocenters. The van der Waals surface area contributed by atoms with E-state index in [1.165, 1.54) is 51.5 Å². The van der Waals surface area contributed by atoms with E-state index >= 15 is 0 Å². The van der Waals surface area contributed by atoms with Crippen molar-refractivity contribution < 1.29 is 0 Å². The van der Waals surface area contributed by atoms with E-state index in [0.29, 0.717) is 0 Å². The third-order valence-electron chi connectivity index (χ3n) is 4.58. The Morgan fingerprint density at radius 2 is 1.93 bits per heavy atom. The molecule has 1 aliphatic carbocycles. The lowest BCUT2D eigenvalue weighted by atomic mass is 9.74. The molecule has 0 radical (unpaired) electrons. The van der Waals surface area contributed by atoms with Gasteiger partial charge in [-0.25, -0.2) is 0 Å². The van der Waals surface area contributed by atoms with Gasteiger partial charge >= 0.3 is 0 Å². The summed E-state index contributed by atoms with van der Waals surface area (Å²) in [4.78, 5) is 2.63. The average Bonchev–Trinajstić information content (AvgIpc) is 2.41. The van der Waals surface area contributed by atoms with E-state index in [0.717, 1.165) is 24.4 Å². The van der Waals surface area contributed by atoms with Gasteiger partial charge in [-0.15, -0.1) is 0 Å². The van der Waals surface area contributed by atoms with E-state index in [1.54, 1.807) is 0 Å². The van der Waals surface area contributed by atoms with Crippen LogP contribution in [0.4, 0.5) is 0 Å². The van der Waals surface area contributed by atoms with Crippen LogP contribution in [-0.4, -0.2) is 31.1 Å². The molecule has 2 N–H and O–H groups in total. The van der Waals surface area contributed by atoms with E-state index in [-0.39, 0.29) is 0 Å². The third kappa shape index (κ3) is 2.54. The SMILES string of the molecule is CN1CCCC(CCN)C2CCCCC21. The summed E-state index contributed by atoms with van der Waals surface area (Å²) < 4.78 is 0. The zero-order valence-corrected chi connectivity index (χ0v) is 10.1. The van der Waals surface area contributed by atoms with Crippen molar-refractivity contribution in [3.05, 3.63) is 0 Å². The van der Waals surface area contributed by atoms with E-state index in [1.807, 2.05) is 0 Å². The Labute approximate surface area is 94.2 Å². The van der Waals surface area contributed by atoms with Crippen LogP contribution in [-0.2, 0) is 0 Å². The van der Waals surface area contributed by atoms with Crippen LogP contribution in [0.1, 0.15) is 44.9 Å². The molecule has 0 amide bonds. The molecule has 15 heavy (non-hydrogen) atoms. The van der Waals surface area contributed by atoms with Gasteiger partial charge in [-0.2, -0.15) is 0 Å². The molecule has 1 heterocycles. The van der Waals surface area contributed by atoms with E-state index in [9.17, 15) is 0 Å². The minimum Gasteiger partial charge on any atom is -0.330 e. The van der Waals surface area contributed by atoms with Crippen molar-refractivity contribution in [2.24, 2.45) is 17.6 Å². The van der Waals surface area contributed by atoms with Crippen LogP contribution in [0.5, 0.6) is 0 Å². The van der Waals surface area contributed by atoms with Gasteiger partial charge in [-0.3, -0.25) is 0 Å². The van der Waals surface area contributed by atoms with Crippen molar-refractivity contribution in [1.82, 2.24) is 4.90 Å². The lowest BCUT2D eigenvalue weighted by Gasteiger charge is -2.39. The van der Waals surface area contributed by atoms with Crippen molar-refractivity contribution in [2.45, 2.75) is 51.0 Å². The lowest BCUT2D eigenvalue weighted by Crippen LogP contribution is -2.41. The molecule has 2 fully saturated rings. The summed E-state index contributed by atoms with van der Waals surface area (Å²) in [7, 11) is 2.33. The predicted octanol–water partition coefficient (Wildman–Crippen LogP) is 2.24. The van der Waals surface area contributed by atoms with Gasteiger partial charge in [0.05, 0.1) is 0 Å². The maximum atomic E-state index is 5.75. The Morgan fingerprint density at radius 3 is 2.73 bits per heavy atom. The van der Waals surface area contributed by atoms with Crippen molar-refractivity contribution in [1.29, 1.82) is 0 Å². The molecule has 1 saturated carbocycles. The van der Waals surface area contributed by atoms with Gasteiger partial charge in [0.1, 0.15) is 0 Å². The van der Waals surface area contributed by atoms with E-state index in [4.69, 9.17) is 5.73 Å². The second kappa shape index (κ2) is 5.31. The molecule has 2 aliphatic rings. The molecule has 2 heteroatoms. The molecule has 88 valence electrons. The van der Waals surface area contributed by atoms with Gasteiger partial charge < -0.3 is 10.6 Å². The fourth-order valence-electron chi connectivity index (χ4n) is 3.79. The Balaban J connectivity index is 2.06. The van der Waals surface area contributed by atoms with Crippen molar-refractivity contribution in [2.75, 3.05) is 20.1 Å². The Morgan fingerprint density at radius 1 is 1.13 bits per heavy atom. The van der Waals surface area contributed by atoms with Gasteiger partial charge in [-0.1, -0.05) is 12.8 Å². The Kier molecular flexibility index (Phi) is 4.04. The van der Waals surface area contributed by atoms with E-state index in [2.05, 4.69) is 11.9 Å². The summed E-state index contributed by atoms with van der Waals surface area (Å²) in [5, 5.41) is 0. The first kappa shape index (κ1) is 11.4. The molecule has 1 aliphatic heterocycles. The standard InChI is InChI=1S/C13H26N2/c1-15-10-4-5-11(8-9-14)12-6-2-3-7-13(12)15/h11-13H,2-10,14H2,1H3. The van der Waals surface area contributed by atoms with Crippen LogP contribution in [0.25, 0.3) is 0 Å². The van der Waals surface area contributed by atoms with Crippen LogP contribution < -0.4 is 5.73 Å². The summed E-state index contributed by atoms with van der Waals surface area (Å²) in [6.45, 7) is 2.19. The largest absolute Gasteiger partial charge is 0.330 e. The highest BCUT2D eigenvalue weighted by Gasteiger charge is 2.35. The third-order valence-corrected chi connectivity index (χ3v) is 4.58. The van der Waals surface area contributed by atoms with Crippen molar-refractivity contribution in [3.8, 4) is 0 Å². The smallest absolute Gasteiger partial charge is 0.0123 e. The monoisotopic (exact) mass is 210 g/mol. The number of hydrogen-bond acceptors (Lipinski definition) is 2. The average molecular weight is 210 g/mol. The zero-order valence-electron chi connectivity index (χ0n) is 10.1. The summed E-state index contributed by atoms with van der Waals surface area (Å²) in [5.41, 5.74) is 5.75. The number of rotatable bonds is 2. The first-order chi connectivity index (χ1) is 7.33. The van der Waals surface area contributed by atoms with Crippen LogP contribution in [0, 0.1) is 11.8 Å². The highest BCUT2D eigenvalue weighted by Crippen LogP contribution is 2.38. The second-order valence-corrected chi connectivity index (χ2v) is 5.48. The van der Waals surface area contributed by atoms with Crippen molar-refractivity contribution >= 4 is 0 Å². The highest BCUT2D eigenvalue weighted by molar-refractivity contribution is 4.88. The molecule has 2 nitrogen and oxygen atoms in total. The summed E-state index contributed by atoms with van der Waals surface area (Å²) in [5.74, 6) is 1.88. The first-order valence-corrected chi connectivity index (χ1v) is 6.73. The normalized spacial score (nSPS) is 38.4. The molecular formula is C13H26N2. The number of nitrogens with two attached hydrogens (primary N) is 1. The fourth-order valence-corrected chi connectivity index (χ4v) is 3.79. The lowest BCUT2D eigenvalue weighted by molar-refractivity contribution is 0.110. The molecule has 0 bridgehead atoms. The summed E-state index contributed by atoms with van der Waals surface area (Å²) >= 11 is 0. The fraction of sp³-hybridized carbons (Fsp3) is 1.00. The summed E-state index contributed by atoms with van der Waals surface area (Å²) in [6.07, 6.45) is 9.85. The molecule has 1 saturated heterocycles. The second-order valence-electron chi connectivity index (χ2n) is 5.48. The van der Waals surface area contributed by atoms with Gasteiger partial charge in [0, 0.05) is 6.04 Å².